The number of carbonyl (C=O) groups excluding carboxylic acids is 2. The van der Waals surface area contributed by atoms with E-state index in [-0.39, 0.29) is 17.7 Å². The molecule has 1 unspecified atom stereocenters. The second-order valence-electron chi connectivity index (χ2n) is 6.16. The molecule has 1 aliphatic rings. The molecule has 1 fully saturated rings. The van der Waals surface area contributed by atoms with Crippen molar-refractivity contribution in [2.75, 3.05) is 14.2 Å². The van der Waals surface area contributed by atoms with Crippen LogP contribution in [-0.2, 0) is 20.8 Å². The van der Waals surface area contributed by atoms with Gasteiger partial charge in [0, 0.05) is 19.4 Å². The van der Waals surface area contributed by atoms with Crippen LogP contribution in [-0.4, -0.2) is 36.9 Å². The van der Waals surface area contributed by atoms with Crippen LogP contribution in [0.4, 0.5) is 0 Å². The zero-order valence-corrected chi connectivity index (χ0v) is 14.0. The predicted molar refractivity (Wildman–Crippen MR) is 88.4 cm³/mol. The van der Waals surface area contributed by atoms with Crippen LogP contribution in [0.15, 0.2) is 30.3 Å². The van der Waals surface area contributed by atoms with Gasteiger partial charge in [-0.3, -0.25) is 14.4 Å². The molecule has 0 heterocycles. The Kier molecular flexibility index (Phi) is 6.59. The monoisotopic (exact) mass is 318 g/mol. The lowest BCUT2D eigenvalue weighted by Crippen LogP contribution is -2.50. The Hall–Kier alpha value is -1.88. The highest BCUT2D eigenvalue weighted by Gasteiger charge is 2.32. The SMILES string of the molecule is CONC(=O)C(Cc1ccccc1)N(C)C(=O)C1CCCCC1. The number of hydrogen-bond acceptors (Lipinski definition) is 3. The van der Waals surface area contributed by atoms with Gasteiger partial charge in [0.2, 0.25) is 5.91 Å². The lowest BCUT2D eigenvalue weighted by Gasteiger charge is -2.31. The van der Waals surface area contributed by atoms with Crippen LogP contribution in [0.1, 0.15) is 37.7 Å². The lowest BCUT2D eigenvalue weighted by atomic mass is 9.88. The maximum absolute atomic E-state index is 12.7. The van der Waals surface area contributed by atoms with Crippen LogP contribution in [0.5, 0.6) is 0 Å². The topological polar surface area (TPSA) is 58.6 Å². The molecule has 0 spiro atoms. The highest BCUT2D eigenvalue weighted by molar-refractivity contribution is 5.88. The molecule has 126 valence electrons. The third-order valence-corrected chi connectivity index (χ3v) is 4.55. The van der Waals surface area contributed by atoms with Gasteiger partial charge >= 0.3 is 0 Å². The van der Waals surface area contributed by atoms with Gasteiger partial charge in [0.25, 0.3) is 5.91 Å². The molecule has 0 radical (unpaired) electrons. The first-order valence-electron chi connectivity index (χ1n) is 8.27. The van der Waals surface area contributed by atoms with Crippen LogP contribution in [0.25, 0.3) is 0 Å². The minimum atomic E-state index is -0.563. The highest BCUT2D eigenvalue weighted by Crippen LogP contribution is 2.26. The van der Waals surface area contributed by atoms with Crippen molar-refractivity contribution in [2.45, 2.75) is 44.6 Å². The summed E-state index contributed by atoms with van der Waals surface area (Å²) in [6, 6.07) is 9.17. The van der Waals surface area contributed by atoms with Crippen molar-refractivity contribution < 1.29 is 14.4 Å². The average Bonchev–Trinajstić information content (AvgIpc) is 2.60. The van der Waals surface area contributed by atoms with Crippen LogP contribution in [0.3, 0.4) is 0 Å². The first kappa shape index (κ1) is 17.5. The normalized spacial score (nSPS) is 16.6. The van der Waals surface area contributed by atoms with Gasteiger partial charge < -0.3 is 4.90 Å². The first-order valence-corrected chi connectivity index (χ1v) is 8.27. The van der Waals surface area contributed by atoms with E-state index < -0.39 is 6.04 Å². The number of hydrogen-bond donors (Lipinski definition) is 1. The van der Waals surface area contributed by atoms with Crippen LogP contribution in [0.2, 0.25) is 0 Å². The summed E-state index contributed by atoms with van der Waals surface area (Å²) in [5.41, 5.74) is 3.39. The standard InChI is InChI=1S/C18H26N2O3/c1-20(18(22)15-11-7-4-8-12-15)16(17(21)19-23-2)13-14-9-5-3-6-10-14/h3,5-6,9-10,15-16H,4,7-8,11-13H2,1-2H3,(H,19,21). The van der Waals surface area contributed by atoms with Crippen molar-refractivity contribution in [3.8, 4) is 0 Å². The molecule has 5 heteroatoms. The summed E-state index contributed by atoms with van der Waals surface area (Å²) in [5.74, 6) is -0.178. The maximum Gasteiger partial charge on any atom is 0.266 e. The molecule has 0 saturated heterocycles. The third kappa shape index (κ3) is 4.79. The number of hydroxylamine groups is 1. The minimum Gasteiger partial charge on any atom is -0.333 e. The molecule has 0 aliphatic heterocycles. The van der Waals surface area contributed by atoms with Crippen molar-refractivity contribution in [2.24, 2.45) is 5.92 Å². The molecule has 1 N–H and O–H groups in total. The van der Waals surface area contributed by atoms with Crippen molar-refractivity contribution in [1.82, 2.24) is 10.4 Å². The minimum absolute atomic E-state index is 0.0439. The number of rotatable bonds is 6. The molecule has 5 nitrogen and oxygen atoms in total. The van der Waals surface area contributed by atoms with Crippen molar-refractivity contribution in [3.63, 3.8) is 0 Å². The van der Waals surface area contributed by atoms with Gasteiger partial charge in [-0.1, -0.05) is 49.6 Å². The molecular weight excluding hydrogens is 292 g/mol. The first-order chi connectivity index (χ1) is 11.1. The Balaban J connectivity index is 2.11. The van der Waals surface area contributed by atoms with Gasteiger partial charge in [0.1, 0.15) is 6.04 Å². The lowest BCUT2D eigenvalue weighted by molar-refractivity contribution is -0.147. The predicted octanol–water partition coefficient (Wildman–Crippen LogP) is 2.31. The Morgan fingerprint density at radius 3 is 2.48 bits per heavy atom. The number of carbonyl (C=O) groups is 2. The van der Waals surface area contributed by atoms with E-state index in [1.165, 1.54) is 13.5 Å². The average molecular weight is 318 g/mol. The second-order valence-corrected chi connectivity index (χ2v) is 6.16. The number of benzene rings is 1. The van der Waals surface area contributed by atoms with Gasteiger partial charge in [0.05, 0.1) is 7.11 Å². The van der Waals surface area contributed by atoms with Crippen molar-refractivity contribution in [3.05, 3.63) is 35.9 Å². The molecule has 2 rings (SSSR count). The largest absolute Gasteiger partial charge is 0.333 e. The van der Waals surface area contributed by atoms with Crippen LogP contribution < -0.4 is 5.48 Å². The van der Waals surface area contributed by atoms with Gasteiger partial charge in [0.15, 0.2) is 0 Å². The Morgan fingerprint density at radius 2 is 1.87 bits per heavy atom. The zero-order chi connectivity index (χ0) is 16.7. The molecule has 1 aliphatic carbocycles. The summed E-state index contributed by atoms with van der Waals surface area (Å²) in [6.07, 6.45) is 5.71. The highest BCUT2D eigenvalue weighted by atomic mass is 16.6. The van der Waals surface area contributed by atoms with Crippen molar-refractivity contribution in [1.29, 1.82) is 0 Å². The third-order valence-electron chi connectivity index (χ3n) is 4.55. The van der Waals surface area contributed by atoms with E-state index in [4.69, 9.17) is 4.84 Å². The number of nitrogens with zero attached hydrogens (tertiary/aromatic N) is 1. The van der Waals surface area contributed by atoms with E-state index >= 15 is 0 Å². The van der Waals surface area contributed by atoms with Gasteiger partial charge in [-0.25, -0.2) is 5.48 Å². The van der Waals surface area contributed by atoms with E-state index in [1.54, 1.807) is 11.9 Å². The zero-order valence-electron chi connectivity index (χ0n) is 14.0. The van der Waals surface area contributed by atoms with Gasteiger partial charge in [-0.2, -0.15) is 0 Å². The maximum atomic E-state index is 12.7. The quantitative estimate of drug-likeness (QED) is 0.819. The number of likely N-dealkylation sites (N-methyl/N-ethyl adjacent to an activating group) is 1. The Labute approximate surface area is 138 Å². The summed E-state index contributed by atoms with van der Waals surface area (Å²) >= 11 is 0. The van der Waals surface area contributed by atoms with E-state index in [0.29, 0.717) is 6.42 Å². The molecule has 0 aromatic heterocycles. The summed E-state index contributed by atoms with van der Waals surface area (Å²) < 4.78 is 0. The molecule has 2 amide bonds. The summed E-state index contributed by atoms with van der Waals surface area (Å²) in [7, 11) is 3.13. The Morgan fingerprint density at radius 1 is 1.22 bits per heavy atom. The summed E-state index contributed by atoms with van der Waals surface area (Å²) in [6.45, 7) is 0. The van der Waals surface area contributed by atoms with Gasteiger partial charge in [-0.15, -0.1) is 0 Å². The molecule has 1 atom stereocenters. The fourth-order valence-corrected chi connectivity index (χ4v) is 3.20. The van der Waals surface area contributed by atoms with Gasteiger partial charge in [-0.05, 0) is 18.4 Å². The van der Waals surface area contributed by atoms with E-state index in [2.05, 4.69) is 5.48 Å². The fraction of sp³-hybridized carbons (Fsp3) is 0.556. The summed E-state index contributed by atoms with van der Waals surface area (Å²) in [4.78, 5) is 31.4. The number of nitrogens with one attached hydrogen (secondary N) is 1. The van der Waals surface area contributed by atoms with Crippen LogP contribution in [0, 0.1) is 5.92 Å². The van der Waals surface area contributed by atoms with E-state index in [0.717, 1.165) is 31.2 Å². The molecular formula is C18H26N2O3. The van der Waals surface area contributed by atoms with E-state index in [9.17, 15) is 9.59 Å². The van der Waals surface area contributed by atoms with Crippen LogP contribution >= 0.6 is 0 Å². The molecule has 23 heavy (non-hydrogen) atoms. The number of amides is 2. The van der Waals surface area contributed by atoms with E-state index in [1.807, 2.05) is 30.3 Å². The second kappa shape index (κ2) is 8.67. The fourth-order valence-electron chi connectivity index (χ4n) is 3.20. The Bertz CT molecular complexity index is 512. The van der Waals surface area contributed by atoms with Crippen molar-refractivity contribution >= 4 is 11.8 Å². The smallest absolute Gasteiger partial charge is 0.266 e. The summed E-state index contributed by atoms with van der Waals surface area (Å²) in [5, 5.41) is 0. The molecule has 1 aromatic rings. The molecule has 0 bridgehead atoms. The molecule has 1 aromatic carbocycles. The molecule has 1 saturated carbocycles.